The van der Waals surface area contributed by atoms with E-state index in [1.165, 1.54) is 11.3 Å². The summed E-state index contributed by atoms with van der Waals surface area (Å²) in [6.45, 7) is 6.08. The maximum absolute atomic E-state index is 12.0. The van der Waals surface area contributed by atoms with E-state index in [4.69, 9.17) is 5.73 Å². The van der Waals surface area contributed by atoms with Gasteiger partial charge in [0, 0.05) is 13.6 Å². The number of thiophene rings is 1. The summed E-state index contributed by atoms with van der Waals surface area (Å²) in [7, 11) is 1.85. The number of nitrogens with zero attached hydrogens (tertiary/aromatic N) is 2. The molecular weight excluding hydrogens is 248 g/mol. The van der Waals surface area contributed by atoms with Crippen molar-refractivity contribution in [3.8, 4) is 0 Å². The van der Waals surface area contributed by atoms with Gasteiger partial charge in [-0.1, -0.05) is 6.08 Å². The van der Waals surface area contributed by atoms with E-state index in [1.807, 2.05) is 14.0 Å². The van der Waals surface area contributed by atoms with E-state index in [0.717, 1.165) is 22.3 Å². The number of hydrogen-bond donors (Lipinski definition) is 2. The van der Waals surface area contributed by atoms with Crippen LogP contribution in [-0.4, -0.2) is 22.2 Å². The zero-order valence-corrected chi connectivity index (χ0v) is 11.3. The predicted octanol–water partition coefficient (Wildman–Crippen LogP) is 1.83. The van der Waals surface area contributed by atoms with Crippen molar-refractivity contribution in [2.45, 2.75) is 13.3 Å². The van der Waals surface area contributed by atoms with E-state index in [2.05, 4.69) is 17.0 Å². The number of nitrogens with one attached hydrogen (secondary N) is 1. The number of anilines is 1. The van der Waals surface area contributed by atoms with Crippen LogP contribution in [0.2, 0.25) is 0 Å². The number of amides is 1. The third kappa shape index (κ3) is 1.99. The maximum Gasteiger partial charge on any atom is 0.263 e. The highest BCUT2D eigenvalue weighted by molar-refractivity contribution is 7.21. The van der Waals surface area contributed by atoms with Crippen molar-refractivity contribution in [3.63, 3.8) is 0 Å². The Morgan fingerprint density at radius 3 is 3.00 bits per heavy atom. The van der Waals surface area contributed by atoms with E-state index < -0.39 is 0 Å². The molecule has 96 valence electrons. The highest BCUT2D eigenvalue weighted by Gasteiger charge is 2.20. The number of nitrogens with two attached hydrogens (primary N) is 1. The highest BCUT2D eigenvalue weighted by Crippen LogP contribution is 2.35. The molecule has 1 amide bonds. The van der Waals surface area contributed by atoms with E-state index in [9.17, 15) is 4.79 Å². The minimum absolute atomic E-state index is 0.130. The molecule has 0 aliphatic heterocycles. The molecule has 2 heterocycles. The van der Waals surface area contributed by atoms with Crippen LogP contribution in [0.3, 0.4) is 0 Å². The van der Waals surface area contributed by atoms with Crippen molar-refractivity contribution in [2.24, 2.45) is 7.05 Å². The number of aryl methyl sites for hydroxylation is 2. The van der Waals surface area contributed by atoms with Gasteiger partial charge in [0.15, 0.2) is 0 Å². The SMILES string of the molecule is C=CCCNC(=O)c1sc2c(c(C)nn2C)c1N. The molecule has 0 aliphatic carbocycles. The summed E-state index contributed by atoms with van der Waals surface area (Å²) < 4.78 is 1.76. The van der Waals surface area contributed by atoms with Gasteiger partial charge in [-0.15, -0.1) is 17.9 Å². The first-order valence-electron chi connectivity index (χ1n) is 5.67. The second kappa shape index (κ2) is 4.81. The van der Waals surface area contributed by atoms with Gasteiger partial charge in [-0.05, 0) is 13.3 Å². The minimum atomic E-state index is -0.130. The first-order valence-corrected chi connectivity index (χ1v) is 6.48. The number of carbonyl (C=O) groups is 1. The second-order valence-electron chi connectivity index (χ2n) is 4.07. The zero-order valence-electron chi connectivity index (χ0n) is 10.5. The molecule has 0 unspecified atom stereocenters. The van der Waals surface area contributed by atoms with Crippen molar-refractivity contribution in [1.82, 2.24) is 15.1 Å². The first-order chi connectivity index (χ1) is 8.56. The Kier molecular flexibility index (Phi) is 3.38. The van der Waals surface area contributed by atoms with Crippen LogP contribution in [0.15, 0.2) is 12.7 Å². The normalized spacial score (nSPS) is 10.8. The smallest absolute Gasteiger partial charge is 0.263 e. The molecule has 2 rings (SSSR count). The summed E-state index contributed by atoms with van der Waals surface area (Å²) in [5.41, 5.74) is 7.41. The molecule has 0 spiro atoms. The zero-order chi connectivity index (χ0) is 13.3. The Hall–Kier alpha value is -1.82. The molecule has 2 aromatic rings. The summed E-state index contributed by atoms with van der Waals surface area (Å²) >= 11 is 1.38. The topological polar surface area (TPSA) is 72.9 Å². The van der Waals surface area contributed by atoms with E-state index >= 15 is 0 Å². The van der Waals surface area contributed by atoms with Gasteiger partial charge < -0.3 is 11.1 Å². The highest BCUT2D eigenvalue weighted by atomic mass is 32.1. The summed E-state index contributed by atoms with van der Waals surface area (Å²) in [5, 5.41) is 8.00. The number of nitrogen functional groups attached to an aromatic ring is 1. The van der Waals surface area contributed by atoms with E-state index in [0.29, 0.717) is 17.1 Å². The number of carbonyl (C=O) groups excluding carboxylic acids is 1. The lowest BCUT2D eigenvalue weighted by Gasteiger charge is -2.02. The lowest BCUT2D eigenvalue weighted by atomic mass is 10.2. The number of rotatable bonds is 4. The molecule has 0 fully saturated rings. The molecule has 0 aromatic carbocycles. The first kappa shape index (κ1) is 12.6. The van der Waals surface area contributed by atoms with Gasteiger partial charge in [-0.3, -0.25) is 9.48 Å². The van der Waals surface area contributed by atoms with Gasteiger partial charge in [0.25, 0.3) is 5.91 Å². The van der Waals surface area contributed by atoms with E-state index in [1.54, 1.807) is 10.8 Å². The van der Waals surface area contributed by atoms with Crippen molar-refractivity contribution in [3.05, 3.63) is 23.2 Å². The molecule has 0 bridgehead atoms. The number of hydrogen-bond acceptors (Lipinski definition) is 4. The van der Waals surface area contributed by atoms with Crippen LogP contribution in [0.25, 0.3) is 10.2 Å². The molecule has 5 nitrogen and oxygen atoms in total. The van der Waals surface area contributed by atoms with Gasteiger partial charge >= 0.3 is 0 Å². The molecule has 0 atom stereocenters. The maximum atomic E-state index is 12.0. The summed E-state index contributed by atoms with van der Waals surface area (Å²) in [4.78, 5) is 13.5. The summed E-state index contributed by atoms with van der Waals surface area (Å²) in [6.07, 6.45) is 2.51. The third-order valence-electron chi connectivity index (χ3n) is 2.72. The Morgan fingerprint density at radius 1 is 1.67 bits per heavy atom. The van der Waals surface area contributed by atoms with Crippen molar-refractivity contribution in [1.29, 1.82) is 0 Å². The Bertz CT molecular complexity index is 611. The molecule has 0 saturated heterocycles. The lowest BCUT2D eigenvalue weighted by molar-refractivity contribution is 0.0959. The largest absolute Gasteiger partial charge is 0.397 e. The van der Waals surface area contributed by atoms with Crippen LogP contribution >= 0.6 is 11.3 Å². The molecule has 6 heteroatoms. The standard InChI is InChI=1S/C12H16N4OS/c1-4-5-6-14-11(17)10-9(13)8-7(2)15-16(3)12(8)18-10/h4H,1,5-6,13H2,2-3H3,(H,14,17). The summed E-state index contributed by atoms with van der Waals surface area (Å²) in [6, 6.07) is 0. The second-order valence-corrected chi connectivity index (χ2v) is 5.07. The minimum Gasteiger partial charge on any atom is -0.397 e. The molecule has 18 heavy (non-hydrogen) atoms. The van der Waals surface area contributed by atoms with Crippen LogP contribution in [0.5, 0.6) is 0 Å². The van der Waals surface area contributed by atoms with Crippen LogP contribution in [0.4, 0.5) is 5.69 Å². The molecular formula is C12H16N4OS. The van der Waals surface area contributed by atoms with Gasteiger partial charge in [0.1, 0.15) is 9.71 Å². The van der Waals surface area contributed by atoms with Crippen molar-refractivity contribution in [2.75, 3.05) is 12.3 Å². The Balaban J connectivity index is 2.34. The van der Waals surface area contributed by atoms with Gasteiger partial charge in [0.2, 0.25) is 0 Å². The van der Waals surface area contributed by atoms with Crippen molar-refractivity contribution >= 4 is 33.1 Å². The average Bonchev–Trinajstić information content (AvgIpc) is 2.80. The number of aromatic nitrogens is 2. The monoisotopic (exact) mass is 264 g/mol. The van der Waals surface area contributed by atoms with E-state index in [-0.39, 0.29) is 5.91 Å². The molecule has 0 aliphatic rings. The Morgan fingerprint density at radius 2 is 2.39 bits per heavy atom. The van der Waals surface area contributed by atoms with Crippen LogP contribution in [0.1, 0.15) is 21.8 Å². The fourth-order valence-electron chi connectivity index (χ4n) is 1.87. The van der Waals surface area contributed by atoms with Crippen molar-refractivity contribution < 1.29 is 4.79 Å². The molecule has 3 N–H and O–H groups in total. The van der Waals surface area contributed by atoms with Crippen LogP contribution in [-0.2, 0) is 7.05 Å². The van der Waals surface area contributed by atoms with Gasteiger partial charge in [0.05, 0.1) is 16.8 Å². The van der Waals surface area contributed by atoms with Crippen LogP contribution in [0, 0.1) is 6.92 Å². The molecule has 2 aromatic heterocycles. The number of fused-ring (bicyclic) bond motifs is 1. The predicted molar refractivity (Wildman–Crippen MR) is 74.9 cm³/mol. The van der Waals surface area contributed by atoms with Gasteiger partial charge in [-0.25, -0.2) is 0 Å². The lowest BCUT2D eigenvalue weighted by Crippen LogP contribution is -2.23. The average molecular weight is 264 g/mol. The fourth-order valence-corrected chi connectivity index (χ4v) is 2.97. The van der Waals surface area contributed by atoms with Crippen LogP contribution < -0.4 is 11.1 Å². The third-order valence-corrected chi connectivity index (χ3v) is 3.99. The molecule has 0 saturated carbocycles. The quantitative estimate of drug-likeness (QED) is 0.653. The fraction of sp³-hybridized carbons (Fsp3) is 0.333. The van der Waals surface area contributed by atoms with Gasteiger partial charge in [-0.2, -0.15) is 5.10 Å². The summed E-state index contributed by atoms with van der Waals surface area (Å²) in [5.74, 6) is -0.130. The molecule has 0 radical (unpaired) electrons. The Labute approximate surface area is 109 Å².